The van der Waals surface area contributed by atoms with Crippen molar-refractivity contribution >= 4 is 28.3 Å². The van der Waals surface area contributed by atoms with Crippen LogP contribution in [0.2, 0.25) is 0 Å². The van der Waals surface area contributed by atoms with E-state index in [1.54, 1.807) is 4.90 Å². The van der Waals surface area contributed by atoms with Gasteiger partial charge in [-0.3, -0.25) is 14.5 Å². The van der Waals surface area contributed by atoms with E-state index in [0.717, 1.165) is 10.6 Å². The Morgan fingerprint density at radius 2 is 2.16 bits per heavy atom. The van der Waals surface area contributed by atoms with Gasteiger partial charge in [0, 0.05) is 19.5 Å². The van der Waals surface area contributed by atoms with E-state index in [9.17, 15) is 9.59 Å². The minimum Gasteiger partial charge on any atom is -0.375 e. The number of carbonyl (C=O) groups is 2. The summed E-state index contributed by atoms with van der Waals surface area (Å²) >= 11 is 1.36. The highest BCUT2D eigenvalue weighted by molar-refractivity contribution is 7.15. The second-order valence-corrected chi connectivity index (χ2v) is 7.00. The minimum absolute atomic E-state index is 0.0865. The number of ether oxygens (including phenoxy) is 1. The third-order valence-electron chi connectivity index (χ3n) is 3.90. The van der Waals surface area contributed by atoms with Crippen LogP contribution in [0.3, 0.4) is 0 Å². The summed E-state index contributed by atoms with van der Waals surface area (Å²) in [5.74, 6) is -0.567. The summed E-state index contributed by atoms with van der Waals surface area (Å²) in [4.78, 5) is 25.9. The van der Waals surface area contributed by atoms with Crippen LogP contribution in [0.1, 0.15) is 17.0 Å². The van der Waals surface area contributed by atoms with E-state index < -0.39 is 0 Å². The average Bonchev–Trinajstić information content (AvgIpc) is 3.21. The van der Waals surface area contributed by atoms with E-state index >= 15 is 0 Å². The summed E-state index contributed by atoms with van der Waals surface area (Å²) in [6.45, 7) is 3.56. The lowest BCUT2D eigenvalue weighted by molar-refractivity contribution is -0.126. The molecule has 7 nitrogen and oxygen atoms in total. The molecule has 0 saturated carbocycles. The van der Waals surface area contributed by atoms with Gasteiger partial charge in [0.1, 0.15) is 5.01 Å². The third kappa shape index (κ3) is 4.61. The predicted octanol–water partition coefficient (Wildman–Crippen LogP) is 1.53. The lowest BCUT2D eigenvalue weighted by Gasteiger charge is -2.12. The van der Waals surface area contributed by atoms with Crippen LogP contribution in [-0.4, -0.2) is 41.7 Å². The first kappa shape index (κ1) is 17.5. The minimum atomic E-state index is -0.356. The highest BCUT2D eigenvalue weighted by atomic mass is 32.1. The zero-order chi connectivity index (χ0) is 17.6. The number of carbonyl (C=O) groups excluding carboxylic acids is 2. The van der Waals surface area contributed by atoms with Crippen LogP contribution in [-0.2, 0) is 20.9 Å². The van der Waals surface area contributed by atoms with Gasteiger partial charge in [-0.2, -0.15) is 0 Å². The van der Waals surface area contributed by atoms with Crippen molar-refractivity contribution in [3.05, 3.63) is 40.9 Å². The number of nitrogens with zero attached hydrogens (tertiary/aromatic N) is 3. The Hall–Kier alpha value is -2.32. The lowest BCUT2D eigenvalue weighted by Crippen LogP contribution is -2.34. The molecule has 0 radical (unpaired) electrons. The van der Waals surface area contributed by atoms with Crippen molar-refractivity contribution in [2.24, 2.45) is 5.92 Å². The number of aromatic nitrogens is 2. The number of benzene rings is 1. The van der Waals surface area contributed by atoms with Crippen molar-refractivity contribution in [1.82, 2.24) is 15.5 Å². The molecule has 1 saturated heterocycles. The smallest absolute Gasteiger partial charge is 0.229 e. The highest BCUT2D eigenvalue weighted by Gasteiger charge is 2.36. The molecule has 25 heavy (non-hydrogen) atoms. The number of anilines is 1. The summed E-state index contributed by atoms with van der Waals surface area (Å²) in [6.07, 6.45) is 0.204. The second kappa shape index (κ2) is 8.17. The molecule has 2 heterocycles. The molecule has 1 fully saturated rings. The van der Waals surface area contributed by atoms with E-state index in [-0.39, 0.29) is 24.2 Å². The Morgan fingerprint density at radius 1 is 1.36 bits per heavy atom. The molecule has 1 N–H and O–H groups in total. The van der Waals surface area contributed by atoms with Crippen molar-refractivity contribution in [3.8, 4) is 0 Å². The zero-order valence-corrected chi connectivity index (χ0v) is 14.8. The molecule has 3 rings (SSSR count). The van der Waals surface area contributed by atoms with Gasteiger partial charge < -0.3 is 10.1 Å². The van der Waals surface area contributed by atoms with E-state index in [1.165, 1.54) is 11.3 Å². The molecule has 1 aromatic carbocycles. The van der Waals surface area contributed by atoms with E-state index in [1.807, 2.05) is 37.3 Å². The molecule has 0 spiro atoms. The quantitative estimate of drug-likeness (QED) is 0.757. The first-order valence-corrected chi connectivity index (χ1v) is 8.95. The molecule has 2 aromatic rings. The maximum absolute atomic E-state index is 12.2. The number of amides is 2. The first-order chi connectivity index (χ1) is 12.1. The van der Waals surface area contributed by atoms with Crippen molar-refractivity contribution in [3.63, 3.8) is 0 Å². The van der Waals surface area contributed by atoms with Gasteiger partial charge in [-0.15, -0.1) is 10.2 Å². The number of nitrogens with one attached hydrogen (secondary N) is 1. The molecule has 1 aromatic heterocycles. The second-order valence-electron chi connectivity index (χ2n) is 5.84. The maximum atomic E-state index is 12.2. The van der Waals surface area contributed by atoms with Crippen LogP contribution in [0.25, 0.3) is 0 Å². The average molecular weight is 360 g/mol. The van der Waals surface area contributed by atoms with Gasteiger partial charge in [-0.25, -0.2) is 0 Å². The van der Waals surface area contributed by atoms with Crippen molar-refractivity contribution in [2.45, 2.75) is 20.0 Å². The summed E-state index contributed by atoms with van der Waals surface area (Å²) in [5, 5.41) is 12.1. The van der Waals surface area contributed by atoms with Gasteiger partial charge in [0.2, 0.25) is 16.9 Å². The Balaban J connectivity index is 1.39. The monoisotopic (exact) mass is 360 g/mol. The molecule has 8 heteroatoms. The van der Waals surface area contributed by atoms with Crippen LogP contribution in [0.15, 0.2) is 30.3 Å². The summed E-state index contributed by atoms with van der Waals surface area (Å²) in [5.41, 5.74) is 1.10. The molecule has 1 atom stereocenters. The van der Waals surface area contributed by atoms with Gasteiger partial charge >= 0.3 is 0 Å². The van der Waals surface area contributed by atoms with Crippen LogP contribution >= 0.6 is 11.3 Å². The van der Waals surface area contributed by atoms with E-state index in [2.05, 4.69) is 15.5 Å². The standard InChI is InChI=1S/C17H20N4O3S/c1-12-19-20-17(25-12)21-10-14(9-15(21)22)16(23)18-7-8-24-11-13-5-3-2-4-6-13/h2-6,14H,7-11H2,1H3,(H,18,23). The number of rotatable bonds is 7. The molecular formula is C17H20N4O3S. The van der Waals surface area contributed by atoms with E-state index in [0.29, 0.717) is 31.4 Å². The fourth-order valence-electron chi connectivity index (χ4n) is 2.62. The molecule has 1 unspecified atom stereocenters. The lowest BCUT2D eigenvalue weighted by atomic mass is 10.1. The summed E-state index contributed by atoms with van der Waals surface area (Å²) in [7, 11) is 0. The summed E-state index contributed by atoms with van der Waals surface area (Å²) in [6, 6.07) is 9.86. The normalized spacial score (nSPS) is 17.1. The molecule has 0 aliphatic carbocycles. The van der Waals surface area contributed by atoms with Crippen LogP contribution in [0.4, 0.5) is 5.13 Å². The zero-order valence-electron chi connectivity index (χ0n) is 14.0. The largest absolute Gasteiger partial charge is 0.375 e. The first-order valence-electron chi connectivity index (χ1n) is 8.13. The fraction of sp³-hybridized carbons (Fsp3) is 0.412. The molecule has 1 aliphatic rings. The van der Waals surface area contributed by atoms with Gasteiger partial charge in [0.05, 0.1) is 19.1 Å². The van der Waals surface area contributed by atoms with E-state index in [4.69, 9.17) is 4.74 Å². The van der Waals surface area contributed by atoms with Gasteiger partial charge in [-0.05, 0) is 12.5 Å². The van der Waals surface area contributed by atoms with Crippen molar-refractivity contribution in [2.75, 3.05) is 24.6 Å². The Bertz CT molecular complexity index is 735. The maximum Gasteiger partial charge on any atom is 0.229 e. The Kier molecular flexibility index (Phi) is 5.72. The predicted molar refractivity (Wildman–Crippen MR) is 94.2 cm³/mol. The van der Waals surface area contributed by atoms with Crippen molar-refractivity contribution < 1.29 is 14.3 Å². The summed E-state index contributed by atoms with van der Waals surface area (Å²) < 4.78 is 5.54. The Morgan fingerprint density at radius 3 is 2.88 bits per heavy atom. The van der Waals surface area contributed by atoms with Gasteiger partial charge in [0.25, 0.3) is 0 Å². The molecule has 132 valence electrons. The molecular weight excluding hydrogens is 340 g/mol. The molecule has 0 bridgehead atoms. The number of hydrogen-bond donors (Lipinski definition) is 1. The molecule has 2 amide bonds. The fourth-order valence-corrected chi connectivity index (χ4v) is 3.33. The Labute approximate surface area is 150 Å². The van der Waals surface area contributed by atoms with Crippen LogP contribution < -0.4 is 10.2 Å². The number of hydrogen-bond acceptors (Lipinski definition) is 6. The van der Waals surface area contributed by atoms with Crippen molar-refractivity contribution in [1.29, 1.82) is 0 Å². The van der Waals surface area contributed by atoms with Crippen LogP contribution in [0, 0.1) is 12.8 Å². The third-order valence-corrected chi connectivity index (χ3v) is 4.76. The molecule has 1 aliphatic heterocycles. The van der Waals surface area contributed by atoms with Gasteiger partial charge in [-0.1, -0.05) is 41.7 Å². The SMILES string of the molecule is Cc1nnc(N2CC(C(=O)NCCOCc3ccccc3)CC2=O)s1. The van der Waals surface area contributed by atoms with Gasteiger partial charge in [0.15, 0.2) is 0 Å². The highest BCUT2D eigenvalue weighted by Crippen LogP contribution is 2.27. The van der Waals surface area contributed by atoms with Crippen LogP contribution in [0.5, 0.6) is 0 Å². The number of aryl methyl sites for hydroxylation is 1. The topological polar surface area (TPSA) is 84.4 Å².